The Bertz CT molecular complexity index is 1350. The lowest BCUT2D eigenvalue weighted by atomic mass is 9.76. The van der Waals surface area contributed by atoms with Gasteiger partial charge < -0.3 is 10.6 Å². The van der Waals surface area contributed by atoms with Crippen molar-refractivity contribution in [2.75, 3.05) is 0 Å². The molecule has 0 spiro atoms. The Morgan fingerprint density at radius 3 is 2.29 bits per heavy atom. The second kappa shape index (κ2) is 10.8. The number of carbonyl (C=O) groups excluding carboxylic acids is 3. The van der Waals surface area contributed by atoms with Crippen molar-refractivity contribution in [2.45, 2.75) is 64.0 Å². The number of primary amides is 1. The van der Waals surface area contributed by atoms with E-state index in [-0.39, 0.29) is 17.6 Å². The summed E-state index contributed by atoms with van der Waals surface area (Å²) < 4.78 is 14.0. The van der Waals surface area contributed by atoms with Crippen LogP contribution in [0.2, 0.25) is 0 Å². The lowest BCUT2D eigenvalue weighted by Gasteiger charge is -2.34. The standard InChI is InChI=1S/C31H33FN2O3S/c1-18-7-6-10-22(17-18)28(35)25-24(20-11-13-23(32)14-12-20)27(30(33)36)34(26(25)29-19(2)15-16-38-29)31(37)21-8-4-3-5-9-21/h6-7,10-17,21,24-27H,3-5,8-9H2,1-2H3,(H2,33,36). The molecule has 2 amide bonds. The molecule has 1 aliphatic carbocycles. The molecule has 7 heteroatoms. The fourth-order valence-electron chi connectivity index (χ4n) is 6.41. The Morgan fingerprint density at radius 1 is 0.974 bits per heavy atom. The maximum Gasteiger partial charge on any atom is 0.240 e. The van der Waals surface area contributed by atoms with Gasteiger partial charge in [-0.1, -0.05) is 55.2 Å². The number of thiophene rings is 1. The van der Waals surface area contributed by atoms with E-state index < -0.39 is 35.6 Å². The Balaban J connectivity index is 1.73. The molecule has 1 saturated carbocycles. The molecule has 0 bridgehead atoms. The fraction of sp³-hybridized carbons (Fsp3) is 0.387. The van der Waals surface area contributed by atoms with Gasteiger partial charge in [0.1, 0.15) is 11.9 Å². The zero-order valence-corrected chi connectivity index (χ0v) is 22.5. The van der Waals surface area contributed by atoms with Gasteiger partial charge in [0.2, 0.25) is 11.8 Å². The highest BCUT2D eigenvalue weighted by Gasteiger charge is 2.58. The van der Waals surface area contributed by atoms with E-state index >= 15 is 0 Å². The highest BCUT2D eigenvalue weighted by molar-refractivity contribution is 7.10. The van der Waals surface area contributed by atoms with Crippen LogP contribution in [0.1, 0.15) is 76.0 Å². The fourth-order valence-corrected chi connectivity index (χ4v) is 7.48. The second-order valence-electron chi connectivity index (χ2n) is 10.7. The minimum atomic E-state index is -1.03. The van der Waals surface area contributed by atoms with Gasteiger partial charge in [-0.25, -0.2) is 4.39 Å². The molecule has 4 unspecified atom stereocenters. The van der Waals surface area contributed by atoms with Crippen molar-refractivity contribution in [3.8, 4) is 0 Å². The largest absolute Gasteiger partial charge is 0.368 e. The lowest BCUT2D eigenvalue weighted by Crippen LogP contribution is -2.49. The molecule has 1 aromatic heterocycles. The number of hydrogen-bond acceptors (Lipinski definition) is 4. The molecule has 4 atom stereocenters. The summed E-state index contributed by atoms with van der Waals surface area (Å²) >= 11 is 1.49. The quantitative estimate of drug-likeness (QED) is 0.389. The van der Waals surface area contributed by atoms with Gasteiger partial charge >= 0.3 is 0 Å². The summed E-state index contributed by atoms with van der Waals surface area (Å²) in [6.45, 7) is 3.89. The number of nitrogens with two attached hydrogens (primary N) is 1. The third-order valence-electron chi connectivity index (χ3n) is 8.20. The second-order valence-corrected chi connectivity index (χ2v) is 11.6. The number of ketones is 1. The van der Waals surface area contributed by atoms with Crippen molar-refractivity contribution in [1.82, 2.24) is 4.90 Å². The van der Waals surface area contributed by atoms with Gasteiger partial charge in [-0.15, -0.1) is 11.3 Å². The van der Waals surface area contributed by atoms with Gasteiger partial charge in [-0.2, -0.15) is 0 Å². The zero-order chi connectivity index (χ0) is 27.0. The predicted molar refractivity (Wildman–Crippen MR) is 146 cm³/mol. The van der Waals surface area contributed by atoms with Crippen molar-refractivity contribution < 1.29 is 18.8 Å². The van der Waals surface area contributed by atoms with E-state index in [9.17, 15) is 18.8 Å². The van der Waals surface area contributed by atoms with Crippen LogP contribution in [-0.2, 0) is 9.59 Å². The number of aryl methyl sites for hydroxylation is 2. The third-order valence-corrected chi connectivity index (χ3v) is 9.29. The average molecular weight is 533 g/mol. The lowest BCUT2D eigenvalue weighted by molar-refractivity contribution is -0.144. The average Bonchev–Trinajstić information content (AvgIpc) is 3.49. The minimum absolute atomic E-state index is 0.113. The third kappa shape index (κ3) is 4.80. The van der Waals surface area contributed by atoms with Crippen LogP contribution < -0.4 is 5.73 Å². The van der Waals surface area contributed by atoms with Crippen molar-refractivity contribution in [3.05, 3.63) is 92.9 Å². The van der Waals surface area contributed by atoms with E-state index in [0.717, 1.165) is 48.1 Å². The first-order valence-corrected chi connectivity index (χ1v) is 14.2. The van der Waals surface area contributed by atoms with Crippen LogP contribution in [0.4, 0.5) is 4.39 Å². The molecular weight excluding hydrogens is 499 g/mol. The van der Waals surface area contributed by atoms with Crippen molar-refractivity contribution in [3.63, 3.8) is 0 Å². The molecule has 2 N–H and O–H groups in total. The van der Waals surface area contributed by atoms with Crippen LogP contribution in [0.15, 0.2) is 60.0 Å². The van der Waals surface area contributed by atoms with Gasteiger partial charge in [0.25, 0.3) is 0 Å². The van der Waals surface area contributed by atoms with Crippen LogP contribution >= 0.6 is 11.3 Å². The Labute approximate surface area is 226 Å². The molecule has 5 nitrogen and oxygen atoms in total. The molecule has 3 aromatic rings. The van der Waals surface area contributed by atoms with Crippen molar-refractivity contribution >= 4 is 28.9 Å². The summed E-state index contributed by atoms with van der Waals surface area (Å²) in [6.07, 6.45) is 4.52. The molecule has 1 aliphatic heterocycles. The summed E-state index contributed by atoms with van der Waals surface area (Å²) in [7, 11) is 0. The van der Waals surface area contributed by atoms with Gasteiger partial charge in [0, 0.05) is 22.3 Å². The number of halogens is 1. The van der Waals surface area contributed by atoms with Gasteiger partial charge in [-0.05, 0) is 67.5 Å². The zero-order valence-electron chi connectivity index (χ0n) is 21.7. The number of rotatable bonds is 6. The number of amides is 2. The number of carbonyl (C=O) groups is 3. The first-order chi connectivity index (χ1) is 18.3. The van der Waals surface area contributed by atoms with Crippen molar-refractivity contribution in [1.29, 1.82) is 0 Å². The number of hydrogen-bond donors (Lipinski definition) is 1. The first-order valence-electron chi connectivity index (χ1n) is 13.3. The number of Topliss-reactive ketones (excluding diaryl/α,β-unsaturated/α-hetero) is 1. The van der Waals surface area contributed by atoms with E-state index in [1.165, 1.54) is 23.5 Å². The normalized spacial score (nSPS) is 23.9. The Morgan fingerprint density at radius 2 is 1.68 bits per heavy atom. The van der Waals surface area contributed by atoms with Crippen LogP contribution in [0.5, 0.6) is 0 Å². The molecule has 5 rings (SSSR count). The van der Waals surface area contributed by atoms with Crippen LogP contribution in [0, 0.1) is 31.5 Å². The van der Waals surface area contributed by atoms with Crippen LogP contribution in [0.3, 0.4) is 0 Å². The molecule has 1 saturated heterocycles. The molecular formula is C31H33FN2O3S. The number of nitrogens with zero attached hydrogens (tertiary/aromatic N) is 1. The SMILES string of the molecule is Cc1cccc(C(=O)C2C(c3ccc(F)cc3)C(C(N)=O)N(C(=O)C3CCCCC3)C2c2sccc2C)c1. The molecule has 198 valence electrons. The predicted octanol–water partition coefficient (Wildman–Crippen LogP) is 6.10. The Hall–Kier alpha value is -3.32. The highest BCUT2D eigenvalue weighted by atomic mass is 32.1. The van der Waals surface area contributed by atoms with Gasteiger partial charge in [-0.3, -0.25) is 14.4 Å². The molecule has 38 heavy (non-hydrogen) atoms. The smallest absolute Gasteiger partial charge is 0.240 e. The molecule has 0 radical (unpaired) electrons. The van der Waals surface area contributed by atoms with Gasteiger partial charge in [0.15, 0.2) is 5.78 Å². The Kier molecular flexibility index (Phi) is 7.48. The maximum absolute atomic E-state index is 14.4. The molecule has 2 fully saturated rings. The summed E-state index contributed by atoms with van der Waals surface area (Å²) in [6, 6.07) is 13.6. The van der Waals surface area contributed by atoms with E-state index in [4.69, 9.17) is 5.73 Å². The van der Waals surface area contributed by atoms with Crippen molar-refractivity contribution in [2.24, 2.45) is 17.6 Å². The summed E-state index contributed by atoms with van der Waals surface area (Å²) in [5.41, 5.74) is 9.13. The maximum atomic E-state index is 14.4. The van der Waals surface area contributed by atoms with Gasteiger partial charge in [0.05, 0.1) is 12.0 Å². The molecule has 2 aliphatic rings. The minimum Gasteiger partial charge on any atom is -0.368 e. The van der Waals surface area contributed by atoms with E-state index in [1.807, 2.05) is 43.5 Å². The van der Waals surface area contributed by atoms with E-state index in [0.29, 0.717) is 11.1 Å². The first kappa shape index (κ1) is 26.3. The summed E-state index contributed by atoms with van der Waals surface area (Å²) in [4.78, 5) is 44.5. The highest BCUT2D eigenvalue weighted by Crippen LogP contribution is 2.53. The summed E-state index contributed by atoms with van der Waals surface area (Å²) in [5.74, 6) is -3.00. The van der Waals surface area contributed by atoms with E-state index in [1.54, 1.807) is 23.1 Å². The van der Waals surface area contributed by atoms with Crippen LogP contribution in [-0.4, -0.2) is 28.5 Å². The molecule has 2 aromatic carbocycles. The van der Waals surface area contributed by atoms with E-state index in [2.05, 4.69) is 0 Å². The number of benzene rings is 2. The molecule has 2 heterocycles. The monoisotopic (exact) mass is 532 g/mol. The topological polar surface area (TPSA) is 80.5 Å². The number of likely N-dealkylation sites (tertiary alicyclic amines) is 1. The summed E-state index contributed by atoms with van der Waals surface area (Å²) in [5, 5.41) is 1.95. The van der Waals surface area contributed by atoms with Crippen LogP contribution in [0.25, 0.3) is 0 Å².